The van der Waals surface area contributed by atoms with Crippen LogP contribution in [0.4, 0.5) is 5.69 Å². The molecule has 4 rings (SSSR count). The predicted octanol–water partition coefficient (Wildman–Crippen LogP) is 0.956. The Labute approximate surface area is 214 Å². The molecule has 1 N–H and O–H groups in total. The van der Waals surface area contributed by atoms with Crippen molar-refractivity contribution in [2.75, 3.05) is 19.0 Å². The summed E-state index contributed by atoms with van der Waals surface area (Å²) < 4.78 is 5.13. The molecule has 0 fully saturated rings. The number of H-pyrrole nitrogens is 1. The number of nitrogens with one attached hydrogen (secondary N) is 1. The minimum absolute atomic E-state index is 0. The van der Waals surface area contributed by atoms with Gasteiger partial charge in [-0.3, -0.25) is 4.79 Å². The van der Waals surface area contributed by atoms with E-state index in [0.717, 1.165) is 11.3 Å². The number of pyridine rings is 1. The van der Waals surface area contributed by atoms with Crippen molar-refractivity contribution in [1.82, 2.24) is 10.1 Å². The van der Waals surface area contributed by atoms with E-state index in [9.17, 15) is 9.90 Å². The van der Waals surface area contributed by atoms with Crippen LogP contribution in [0.5, 0.6) is 5.75 Å². The van der Waals surface area contributed by atoms with Gasteiger partial charge in [0.25, 0.3) is 5.56 Å². The van der Waals surface area contributed by atoms with Crippen LogP contribution in [0, 0.1) is 6.92 Å². The molecule has 0 aliphatic heterocycles. The number of halogens is 1. The number of hydrogen-bond acceptors (Lipinski definition) is 5. The standard InChI is InChI=1S/C21H18ClN3O3.K/c1-11-8-18(28-24-11)19-20(26)15-9-14(16(22)10-17(15)23-21(19)27)12-4-6-13(7-5-12)25(2)3;/h4-10H,1-3H3,(H2,23,26,27);/q;+1/p-1. The smallest absolute Gasteiger partial charge is 0.871 e. The van der Waals surface area contributed by atoms with Crippen molar-refractivity contribution in [2.45, 2.75) is 6.92 Å². The average molecular weight is 434 g/mol. The molecule has 2 aromatic carbocycles. The monoisotopic (exact) mass is 433 g/mol. The van der Waals surface area contributed by atoms with Crippen LogP contribution in [0.25, 0.3) is 33.4 Å². The minimum Gasteiger partial charge on any atom is -0.871 e. The van der Waals surface area contributed by atoms with Crippen molar-refractivity contribution in [2.24, 2.45) is 0 Å². The van der Waals surface area contributed by atoms with Crippen LogP contribution in [0.1, 0.15) is 5.69 Å². The summed E-state index contributed by atoms with van der Waals surface area (Å²) in [5.41, 5.74) is 3.01. The number of aryl methyl sites for hydroxylation is 1. The number of benzene rings is 2. The van der Waals surface area contributed by atoms with Gasteiger partial charge in [-0.15, -0.1) is 0 Å². The molecule has 2 aromatic heterocycles. The predicted molar refractivity (Wildman–Crippen MR) is 109 cm³/mol. The van der Waals surface area contributed by atoms with Gasteiger partial charge in [-0.25, -0.2) is 0 Å². The maximum Gasteiger partial charge on any atom is 1.00 e. The van der Waals surface area contributed by atoms with Crippen LogP contribution >= 0.6 is 11.6 Å². The van der Waals surface area contributed by atoms with Crippen molar-refractivity contribution in [3.63, 3.8) is 0 Å². The molecule has 0 aliphatic rings. The van der Waals surface area contributed by atoms with E-state index in [4.69, 9.17) is 16.1 Å². The summed E-state index contributed by atoms with van der Waals surface area (Å²) >= 11 is 6.44. The Kier molecular flexibility index (Phi) is 6.57. The van der Waals surface area contributed by atoms with Gasteiger partial charge in [-0.05, 0) is 42.1 Å². The van der Waals surface area contributed by atoms with Gasteiger partial charge in [-0.2, -0.15) is 0 Å². The second-order valence-corrected chi connectivity index (χ2v) is 7.22. The van der Waals surface area contributed by atoms with Crippen LogP contribution in [-0.2, 0) is 0 Å². The summed E-state index contributed by atoms with van der Waals surface area (Å²) in [6.45, 7) is 1.72. The first-order valence-corrected chi connectivity index (χ1v) is 9.01. The molecule has 2 heterocycles. The fraction of sp³-hybridized carbons (Fsp3) is 0.143. The van der Waals surface area contributed by atoms with Gasteiger partial charge >= 0.3 is 51.4 Å². The quantitative estimate of drug-likeness (QED) is 0.486. The maximum absolute atomic E-state index is 13.0. The number of hydrogen-bond donors (Lipinski definition) is 1. The molecule has 4 aromatic rings. The first-order chi connectivity index (χ1) is 13.3. The Balaban J connectivity index is 0.00000240. The number of nitrogens with zero attached hydrogens (tertiary/aromatic N) is 2. The molecule has 0 unspecified atom stereocenters. The summed E-state index contributed by atoms with van der Waals surface area (Å²) in [5.74, 6) is -0.268. The Bertz CT molecular complexity index is 1250. The van der Waals surface area contributed by atoms with Crippen molar-refractivity contribution < 1.29 is 61.0 Å². The Hall–Kier alpha value is -1.61. The fourth-order valence-corrected chi connectivity index (χ4v) is 3.43. The van der Waals surface area contributed by atoms with Crippen molar-refractivity contribution in [3.05, 3.63) is 63.5 Å². The zero-order valence-corrected chi connectivity index (χ0v) is 20.4. The molecule has 29 heavy (non-hydrogen) atoms. The van der Waals surface area contributed by atoms with Gasteiger partial charge in [0.15, 0.2) is 5.76 Å². The summed E-state index contributed by atoms with van der Waals surface area (Å²) in [5, 5.41) is 17.6. The van der Waals surface area contributed by atoms with Crippen LogP contribution < -0.4 is 67.0 Å². The number of aromatic amines is 1. The molecule has 0 radical (unpaired) electrons. The topological polar surface area (TPSA) is 85.2 Å². The van der Waals surface area contributed by atoms with E-state index < -0.39 is 11.3 Å². The molecule has 0 bridgehead atoms. The summed E-state index contributed by atoms with van der Waals surface area (Å²) in [7, 11) is 3.93. The SMILES string of the molecule is Cc1cc(-c2c([O-])c3cc(-c4ccc(N(C)C)cc4)c(Cl)cc3[nH]c2=O)on1.[K+]. The van der Waals surface area contributed by atoms with E-state index in [1.165, 1.54) is 0 Å². The summed E-state index contributed by atoms with van der Waals surface area (Å²) in [6, 6.07) is 12.7. The first-order valence-electron chi connectivity index (χ1n) is 8.63. The van der Waals surface area contributed by atoms with Gasteiger partial charge in [-0.1, -0.05) is 34.6 Å². The second kappa shape index (κ2) is 8.63. The first kappa shape index (κ1) is 22.1. The van der Waals surface area contributed by atoms with Gasteiger partial charge in [0.05, 0.1) is 16.3 Å². The van der Waals surface area contributed by atoms with Gasteiger partial charge in [0, 0.05) is 36.9 Å². The van der Waals surface area contributed by atoms with E-state index >= 15 is 0 Å². The van der Waals surface area contributed by atoms with E-state index in [1.807, 2.05) is 43.3 Å². The zero-order valence-electron chi connectivity index (χ0n) is 16.5. The molecular formula is C21H17ClKN3O3. The molecular weight excluding hydrogens is 417 g/mol. The fourth-order valence-electron chi connectivity index (χ4n) is 3.15. The molecule has 0 aliphatic carbocycles. The minimum atomic E-state index is -0.534. The molecule has 6 nitrogen and oxygen atoms in total. The van der Waals surface area contributed by atoms with Crippen LogP contribution in [-0.4, -0.2) is 24.2 Å². The largest absolute Gasteiger partial charge is 1.00 e. The maximum atomic E-state index is 13.0. The van der Waals surface area contributed by atoms with Crippen LogP contribution in [0.3, 0.4) is 0 Å². The molecule has 0 saturated carbocycles. The van der Waals surface area contributed by atoms with E-state index in [-0.39, 0.29) is 62.7 Å². The van der Waals surface area contributed by atoms with Gasteiger partial charge in [0.1, 0.15) is 0 Å². The molecule has 0 spiro atoms. The zero-order chi connectivity index (χ0) is 20.0. The third-order valence-electron chi connectivity index (χ3n) is 4.62. The number of aromatic nitrogens is 2. The third-order valence-corrected chi connectivity index (χ3v) is 4.94. The average Bonchev–Trinajstić information content (AvgIpc) is 3.07. The second-order valence-electron chi connectivity index (χ2n) is 6.81. The third kappa shape index (κ3) is 4.16. The number of anilines is 1. The van der Waals surface area contributed by atoms with Gasteiger partial charge < -0.3 is 19.5 Å². The number of rotatable bonds is 3. The molecule has 0 saturated heterocycles. The summed E-state index contributed by atoms with van der Waals surface area (Å²) in [4.78, 5) is 17.2. The van der Waals surface area contributed by atoms with Crippen molar-refractivity contribution in [3.8, 4) is 28.2 Å². The molecule has 142 valence electrons. The number of fused-ring (bicyclic) bond motifs is 1. The molecule has 0 atom stereocenters. The van der Waals surface area contributed by atoms with E-state index in [2.05, 4.69) is 10.1 Å². The normalized spacial score (nSPS) is 10.8. The Morgan fingerprint density at radius 1 is 1.14 bits per heavy atom. The van der Waals surface area contributed by atoms with Crippen LogP contribution in [0.2, 0.25) is 5.02 Å². The summed E-state index contributed by atoms with van der Waals surface area (Å²) in [6.07, 6.45) is 0. The molecule has 0 amide bonds. The van der Waals surface area contributed by atoms with Crippen molar-refractivity contribution >= 4 is 28.2 Å². The Morgan fingerprint density at radius 2 is 1.83 bits per heavy atom. The Morgan fingerprint density at radius 3 is 2.41 bits per heavy atom. The van der Waals surface area contributed by atoms with Gasteiger partial charge in [0.2, 0.25) is 0 Å². The van der Waals surface area contributed by atoms with Crippen molar-refractivity contribution in [1.29, 1.82) is 0 Å². The van der Waals surface area contributed by atoms with E-state index in [1.54, 1.807) is 25.1 Å². The molecule has 8 heteroatoms. The van der Waals surface area contributed by atoms with Crippen LogP contribution in [0.15, 0.2) is 51.8 Å². The van der Waals surface area contributed by atoms with E-state index in [0.29, 0.717) is 27.2 Å².